The van der Waals surface area contributed by atoms with Crippen LogP contribution >= 0.6 is 0 Å². The van der Waals surface area contributed by atoms with Crippen molar-refractivity contribution in [2.24, 2.45) is 0 Å². The molecule has 0 fully saturated rings. The van der Waals surface area contributed by atoms with Gasteiger partial charge in [-0.3, -0.25) is 19.0 Å². The first kappa shape index (κ1) is 17.7. The highest BCUT2D eigenvalue weighted by atomic mass is 16.3. The molecule has 0 aliphatic rings. The number of carbonyl (C=O) groups excluding carboxylic acids is 1. The van der Waals surface area contributed by atoms with E-state index in [1.807, 2.05) is 13.0 Å². The van der Waals surface area contributed by atoms with Gasteiger partial charge in [0.25, 0.3) is 0 Å². The first-order valence-electron chi connectivity index (χ1n) is 8.63. The van der Waals surface area contributed by atoms with Crippen molar-refractivity contribution >= 4 is 16.9 Å². The second-order valence-electron chi connectivity index (χ2n) is 6.05. The SMILES string of the molecule is CCCCn1c(=O)c(=O)n(CC(=O)NCc2ccco2)c2ccccc21. The summed E-state index contributed by atoms with van der Waals surface area (Å²) in [6.07, 6.45) is 3.24. The van der Waals surface area contributed by atoms with Gasteiger partial charge in [0.15, 0.2) is 0 Å². The van der Waals surface area contributed by atoms with Gasteiger partial charge in [-0.2, -0.15) is 0 Å². The van der Waals surface area contributed by atoms with Crippen LogP contribution in [0.5, 0.6) is 0 Å². The van der Waals surface area contributed by atoms with Gasteiger partial charge in [-0.15, -0.1) is 0 Å². The molecule has 2 aromatic heterocycles. The van der Waals surface area contributed by atoms with Crippen LogP contribution in [0, 0.1) is 0 Å². The lowest BCUT2D eigenvalue weighted by Crippen LogP contribution is -2.43. The fraction of sp³-hybridized carbons (Fsp3) is 0.316. The first-order valence-corrected chi connectivity index (χ1v) is 8.63. The minimum Gasteiger partial charge on any atom is -0.467 e. The molecule has 0 saturated carbocycles. The Morgan fingerprint density at radius 1 is 1.04 bits per heavy atom. The largest absolute Gasteiger partial charge is 0.467 e. The monoisotopic (exact) mass is 355 g/mol. The van der Waals surface area contributed by atoms with Crippen molar-refractivity contribution in [3.63, 3.8) is 0 Å². The molecule has 3 aromatic rings. The molecule has 0 atom stereocenters. The number of aromatic nitrogens is 2. The molecule has 26 heavy (non-hydrogen) atoms. The van der Waals surface area contributed by atoms with Crippen LogP contribution in [0.4, 0.5) is 0 Å². The average Bonchev–Trinajstić information content (AvgIpc) is 3.17. The van der Waals surface area contributed by atoms with Crippen molar-refractivity contribution in [3.05, 3.63) is 69.1 Å². The van der Waals surface area contributed by atoms with Gasteiger partial charge in [-0.1, -0.05) is 25.5 Å². The zero-order chi connectivity index (χ0) is 18.5. The van der Waals surface area contributed by atoms with Gasteiger partial charge >= 0.3 is 11.1 Å². The number of rotatable bonds is 7. The molecule has 0 unspecified atom stereocenters. The van der Waals surface area contributed by atoms with E-state index < -0.39 is 11.1 Å². The summed E-state index contributed by atoms with van der Waals surface area (Å²) in [6, 6.07) is 10.6. The maximum absolute atomic E-state index is 12.6. The van der Waals surface area contributed by atoms with Crippen LogP contribution in [0.2, 0.25) is 0 Å². The molecule has 0 saturated heterocycles. The number of nitrogens with zero attached hydrogens (tertiary/aromatic N) is 2. The number of nitrogens with one attached hydrogen (secondary N) is 1. The van der Waals surface area contributed by atoms with Crippen LogP contribution in [0.25, 0.3) is 11.0 Å². The third-order valence-corrected chi connectivity index (χ3v) is 4.21. The molecule has 7 nitrogen and oxygen atoms in total. The number of fused-ring (bicyclic) bond motifs is 1. The average molecular weight is 355 g/mol. The van der Waals surface area contributed by atoms with Crippen LogP contribution in [0.3, 0.4) is 0 Å². The van der Waals surface area contributed by atoms with E-state index in [1.165, 1.54) is 15.4 Å². The third-order valence-electron chi connectivity index (χ3n) is 4.21. The number of aryl methyl sites for hydroxylation is 1. The maximum atomic E-state index is 12.6. The number of hydrogen-bond acceptors (Lipinski definition) is 4. The molecule has 136 valence electrons. The van der Waals surface area contributed by atoms with E-state index in [1.54, 1.807) is 30.3 Å². The molecule has 2 heterocycles. The minimum absolute atomic E-state index is 0.218. The zero-order valence-corrected chi connectivity index (χ0v) is 14.6. The van der Waals surface area contributed by atoms with Crippen molar-refractivity contribution < 1.29 is 9.21 Å². The van der Waals surface area contributed by atoms with Gasteiger partial charge in [0.2, 0.25) is 5.91 Å². The lowest BCUT2D eigenvalue weighted by molar-refractivity contribution is -0.121. The highest BCUT2D eigenvalue weighted by molar-refractivity contribution is 5.80. The van der Waals surface area contributed by atoms with Crippen LogP contribution in [0.15, 0.2) is 56.7 Å². The van der Waals surface area contributed by atoms with Crippen molar-refractivity contribution in [3.8, 4) is 0 Å². The number of furan rings is 1. The molecular weight excluding hydrogens is 334 g/mol. The fourth-order valence-electron chi connectivity index (χ4n) is 2.86. The summed E-state index contributed by atoms with van der Waals surface area (Å²) in [5.74, 6) is 0.255. The lowest BCUT2D eigenvalue weighted by Gasteiger charge is -2.14. The molecule has 1 amide bonds. The van der Waals surface area contributed by atoms with Gasteiger partial charge in [0.1, 0.15) is 12.3 Å². The summed E-state index contributed by atoms with van der Waals surface area (Å²) >= 11 is 0. The molecule has 0 aliphatic heterocycles. The van der Waals surface area contributed by atoms with Crippen LogP contribution in [0.1, 0.15) is 25.5 Å². The molecule has 0 aliphatic carbocycles. The second-order valence-corrected chi connectivity index (χ2v) is 6.05. The van der Waals surface area contributed by atoms with E-state index >= 15 is 0 Å². The topological polar surface area (TPSA) is 86.2 Å². The summed E-state index contributed by atoms with van der Waals surface area (Å²) in [7, 11) is 0. The Balaban J connectivity index is 1.93. The van der Waals surface area contributed by atoms with Crippen LogP contribution in [-0.4, -0.2) is 15.0 Å². The zero-order valence-electron chi connectivity index (χ0n) is 14.6. The number of unbranched alkanes of at least 4 members (excludes halogenated alkanes) is 1. The lowest BCUT2D eigenvalue weighted by atomic mass is 10.2. The molecule has 3 rings (SSSR count). The summed E-state index contributed by atoms with van der Waals surface area (Å²) in [6.45, 7) is 2.52. The Morgan fingerprint density at radius 2 is 1.73 bits per heavy atom. The number of hydrogen-bond donors (Lipinski definition) is 1. The molecule has 0 radical (unpaired) electrons. The molecular formula is C19H21N3O4. The highest BCUT2D eigenvalue weighted by Gasteiger charge is 2.15. The van der Waals surface area contributed by atoms with Crippen molar-refractivity contribution in [2.45, 2.75) is 39.4 Å². The predicted molar refractivity (Wildman–Crippen MR) is 97.9 cm³/mol. The fourth-order valence-corrected chi connectivity index (χ4v) is 2.86. The maximum Gasteiger partial charge on any atom is 0.317 e. The third kappa shape index (κ3) is 3.61. The Bertz CT molecular complexity index is 1020. The molecule has 1 N–H and O–H groups in total. The van der Waals surface area contributed by atoms with E-state index in [2.05, 4.69) is 5.32 Å². The Morgan fingerprint density at radius 3 is 2.38 bits per heavy atom. The summed E-state index contributed by atoms with van der Waals surface area (Å²) in [5.41, 5.74) is -0.0605. The first-order chi connectivity index (χ1) is 12.6. The normalized spacial score (nSPS) is 11.0. The van der Waals surface area contributed by atoms with E-state index in [4.69, 9.17) is 4.42 Å². The van der Waals surface area contributed by atoms with Crippen LogP contribution < -0.4 is 16.4 Å². The van der Waals surface area contributed by atoms with E-state index in [-0.39, 0.29) is 19.0 Å². The predicted octanol–water partition coefficient (Wildman–Crippen LogP) is 1.87. The summed E-state index contributed by atoms with van der Waals surface area (Å²) < 4.78 is 7.90. The van der Waals surface area contributed by atoms with Crippen LogP contribution in [-0.2, 0) is 24.4 Å². The van der Waals surface area contributed by atoms with Gasteiger partial charge < -0.3 is 14.3 Å². The van der Waals surface area contributed by atoms with E-state index in [0.717, 1.165) is 12.8 Å². The number of para-hydroxylation sites is 2. The standard InChI is InChI=1S/C19H21N3O4/c1-2-3-10-21-15-8-4-5-9-16(15)22(19(25)18(21)24)13-17(23)20-12-14-7-6-11-26-14/h4-9,11H,2-3,10,12-13H2,1H3,(H,20,23). The molecule has 7 heteroatoms. The van der Waals surface area contributed by atoms with Crippen molar-refractivity contribution in [1.82, 2.24) is 14.5 Å². The molecule has 0 bridgehead atoms. The van der Waals surface area contributed by atoms with Gasteiger partial charge in [-0.25, -0.2) is 0 Å². The Hall–Kier alpha value is -3.09. The van der Waals surface area contributed by atoms with Crippen molar-refractivity contribution in [1.29, 1.82) is 0 Å². The number of benzene rings is 1. The minimum atomic E-state index is -0.687. The van der Waals surface area contributed by atoms with Crippen molar-refractivity contribution in [2.75, 3.05) is 0 Å². The highest BCUT2D eigenvalue weighted by Crippen LogP contribution is 2.11. The molecule has 0 spiro atoms. The smallest absolute Gasteiger partial charge is 0.317 e. The Kier molecular flexibility index (Phi) is 5.36. The molecule has 1 aromatic carbocycles. The number of carbonyl (C=O) groups is 1. The second kappa shape index (κ2) is 7.86. The van der Waals surface area contributed by atoms with Gasteiger partial charge in [0.05, 0.1) is 23.8 Å². The quantitative estimate of drug-likeness (QED) is 0.656. The summed E-state index contributed by atoms with van der Waals surface area (Å²) in [5, 5.41) is 2.69. The van der Waals surface area contributed by atoms with E-state index in [9.17, 15) is 14.4 Å². The van der Waals surface area contributed by atoms with Gasteiger partial charge in [0, 0.05) is 6.54 Å². The van der Waals surface area contributed by atoms with E-state index in [0.29, 0.717) is 23.3 Å². The summed E-state index contributed by atoms with van der Waals surface area (Å²) in [4.78, 5) is 37.3. The Labute approximate surface area is 149 Å². The number of amides is 1. The van der Waals surface area contributed by atoms with Gasteiger partial charge in [-0.05, 0) is 30.7 Å².